The molecule has 2 aromatic rings. The Balaban J connectivity index is 1.72. The summed E-state index contributed by atoms with van der Waals surface area (Å²) in [4.78, 5) is 27.2. The van der Waals surface area contributed by atoms with Crippen LogP contribution in [0.25, 0.3) is 16.7 Å². The van der Waals surface area contributed by atoms with Crippen LogP contribution in [0.1, 0.15) is 37.3 Å². The molecule has 2 atom stereocenters. The number of ketones is 1. The van der Waals surface area contributed by atoms with Crippen LogP contribution in [0, 0.1) is 5.92 Å². The minimum Gasteiger partial charge on any atom is -0.449 e. The molecule has 0 aliphatic heterocycles. The van der Waals surface area contributed by atoms with Gasteiger partial charge in [0.05, 0.1) is 0 Å². The normalized spacial score (nSPS) is 14.2. The molecule has 6 heteroatoms. The van der Waals surface area contributed by atoms with Crippen LogP contribution in [-0.2, 0) is 9.53 Å². The highest BCUT2D eigenvalue weighted by Gasteiger charge is 2.31. The highest BCUT2D eigenvalue weighted by molar-refractivity contribution is 6.28. The molecule has 0 saturated heterocycles. The zero-order valence-corrected chi connectivity index (χ0v) is 16.0. The lowest BCUT2D eigenvalue weighted by Gasteiger charge is -2.21. The third-order valence-electron chi connectivity index (χ3n) is 5.32. The van der Waals surface area contributed by atoms with E-state index in [1.54, 1.807) is 0 Å². The Hall–Kier alpha value is -3.24. The van der Waals surface area contributed by atoms with Gasteiger partial charge in [0.25, 0.3) is 5.78 Å². The van der Waals surface area contributed by atoms with Crippen molar-refractivity contribution in [2.24, 2.45) is 5.92 Å². The first-order valence-corrected chi connectivity index (χ1v) is 9.39. The lowest BCUT2D eigenvalue weighted by Crippen LogP contribution is -2.46. The molecule has 0 aromatic heterocycles. The smallest absolute Gasteiger partial charge is 0.407 e. The van der Waals surface area contributed by atoms with E-state index in [1.807, 2.05) is 50.2 Å². The van der Waals surface area contributed by atoms with Crippen LogP contribution in [0.4, 0.5) is 4.79 Å². The average molecular weight is 377 g/mol. The molecule has 1 aliphatic carbocycles. The van der Waals surface area contributed by atoms with Crippen molar-refractivity contribution in [1.29, 1.82) is 0 Å². The number of carbonyl (C=O) groups is 2. The topological polar surface area (TPSA) is 91.8 Å². The second kappa shape index (κ2) is 8.63. The maximum absolute atomic E-state index is 12.4. The van der Waals surface area contributed by atoms with E-state index in [1.165, 1.54) is 0 Å². The summed E-state index contributed by atoms with van der Waals surface area (Å²) in [5, 5.41) is 2.61. The first-order chi connectivity index (χ1) is 13.6. The summed E-state index contributed by atoms with van der Waals surface area (Å²) < 4.78 is 5.48. The monoisotopic (exact) mass is 377 g/mol. The van der Waals surface area contributed by atoms with Crippen molar-refractivity contribution in [3.8, 4) is 11.1 Å². The molecule has 3 rings (SSSR count). The SMILES string of the molecule is CC[C@@H](C)[C@H](NC(=O)OCC1c2ccccc2-c2ccccc21)C(=O)C=[N+]=[N-]. The second-order valence-electron chi connectivity index (χ2n) is 6.98. The number of Topliss-reactive ketones (excluding diaryl/α,β-unsaturated/α-hetero) is 1. The standard InChI is InChI=1S/C22H23N3O3/c1-3-14(2)21(20(26)12-24-23)25-22(27)28-13-19-17-10-6-4-8-15(17)16-9-5-7-11-18(16)19/h4-12,14,19,21H,3,13H2,1-2H3,(H,25,27)/t14-,21+/m1/s1. The lowest BCUT2D eigenvalue weighted by atomic mass is 9.96. The number of rotatable bonds is 7. The second-order valence-corrected chi connectivity index (χ2v) is 6.98. The molecule has 0 heterocycles. The van der Waals surface area contributed by atoms with Gasteiger partial charge in [0.1, 0.15) is 12.6 Å². The van der Waals surface area contributed by atoms with Crippen molar-refractivity contribution in [3.05, 3.63) is 65.2 Å². The summed E-state index contributed by atoms with van der Waals surface area (Å²) in [6.45, 7) is 3.94. The molecule has 2 aromatic carbocycles. The summed E-state index contributed by atoms with van der Waals surface area (Å²) in [7, 11) is 0. The number of nitrogens with one attached hydrogen (secondary N) is 1. The largest absolute Gasteiger partial charge is 0.449 e. The van der Waals surface area contributed by atoms with Crippen molar-refractivity contribution in [2.75, 3.05) is 6.61 Å². The third kappa shape index (κ3) is 3.87. The number of ether oxygens (including phenoxy) is 1. The van der Waals surface area contributed by atoms with Gasteiger partial charge in [0, 0.05) is 5.92 Å². The van der Waals surface area contributed by atoms with Crippen LogP contribution in [0.2, 0.25) is 0 Å². The van der Waals surface area contributed by atoms with E-state index in [9.17, 15) is 9.59 Å². The van der Waals surface area contributed by atoms with Crippen molar-refractivity contribution >= 4 is 18.1 Å². The van der Waals surface area contributed by atoms with E-state index < -0.39 is 17.9 Å². The van der Waals surface area contributed by atoms with E-state index >= 15 is 0 Å². The first-order valence-electron chi connectivity index (χ1n) is 9.39. The van der Waals surface area contributed by atoms with Crippen LogP contribution in [0.15, 0.2) is 48.5 Å². The van der Waals surface area contributed by atoms with Gasteiger partial charge >= 0.3 is 12.3 Å². The predicted molar refractivity (Wildman–Crippen MR) is 106 cm³/mol. The molecule has 0 spiro atoms. The molecule has 28 heavy (non-hydrogen) atoms. The van der Waals surface area contributed by atoms with Crippen LogP contribution in [0.5, 0.6) is 0 Å². The Morgan fingerprint density at radius 1 is 1.14 bits per heavy atom. The van der Waals surface area contributed by atoms with Gasteiger partial charge < -0.3 is 15.6 Å². The van der Waals surface area contributed by atoms with Gasteiger partial charge in [0.15, 0.2) is 0 Å². The highest BCUT2D eigenvalue weighted by atomic mass is 16.5. The zero-order valence-electron chi connectivity index (χ0n) is 16.0. The van der Waals surface area contributed by atoms with Crippen molar-refractivity contribution in [2.45, 2.75) is 32.2 Å². The predicted octanol–water partition coefficient (Wildman–Crippen LogP) is 3.81. The first kappa shape index (κ1) is 19.5. The van der Waals surface area contributed by atoms with Crippen molar-refractivity contribution in [1.82, 2.24) is 5.32 Å². The van der Waals surface area contributed by atoms with Crippen LogP contribution < -0.4 is 5.32 Å². The van der Waals surface area contributed by atoms with Gasteiger partial charge in [-0.3, -0.25) is 4.79 Å². The Bertz CT molecular complexity index is 889. The van der Waals surface area contributed by atoms with Gasteiger partial charge in [-0.05, 0) is 28.2 Å². The van der Waals surface area contributed by atoms with Gasteiger partial charge in [-0.15, -0.1) is 0 Å². The van der Waals surface area contributed by atoms with Crippen LogP contribution in [-0.4, -0.2) is 35.5 Å². The molecule has 0 unspecified atom stereocenters. The number of fused-ring (bicyclic) bond motifs is 3. The minimum absolute atomic E-state index is 0.0464. The van der Waals surface area contributed by atoms with Gasteiger partial charge in [0.2, 0.25) is 0 Å². The van der Waals surface area contributed by atoms with Gasteiger partial charge in [-0.25, -0.2) is 4.79 Å². The van der Waals surface area contributed by atoms with E-state index in [4.69, 9.17) is 10.3 Å². The number of hydrogen-bond acceptors (Lipinski definition) is 3. The lowest BCUT2D eigenvalue weighted by molar-refractivity contribution is -0.118. The molecule has 0 fully saturated rings. The third-order valence-corrected chi connectivity index (χ3v) is 5.32. The number of hydrogen-bond donors (Lipinski definition) is 1. The summed E-state index contributed by atoms with van der Waals surface area (Å²) in [5.74, 6) is -0.633. The molecule has 1 aliphatic rings. The molecule has 0 radical (unpaired) electrons. The molecular formula is C22H23N3O3. The summed E-state index contributed by atoms with van der Waals surface area (Å²) in [6, 6.07) is 15.4. The fourth-order valence-electron chi connectivity index (χ4n) is 3.63. The zero-order chi connectivity index (χ0) is 20.1. The summed E-state index contributed by atoms with van der Waals surface area (Å²) >= 11 is 0. The van der Waals surface area contributed by atoms with E-state index in [-0.39, 0.29) is 18.4 Å². The summed E-state index contributed by atoms with van der Waals surface area (Å²) in [6.07, 6.45) is 0.826. The average Bonchev–Trinajstić information content (AvgIpc) is 3.04. The number of amides is 1. The minimum atomic E-state index is -0.795. The fourth-order valence-corrected chi connectivity index (χ4v) is 3.63. The Labute approximate surface area is 164 Å². The highest BCUT2D eigenvalue weighted by Crippen LogP contribution is 2.44. The number of carbonyl (C=O) groups excluding carboxylic acids is 2. The molecule has 0 bridgehead atoms. The molecule has 6 nitrogen and oxygen atoms in total. The number of nitrogens with zero attached hydrogens (tertiary/aromatic N) is 2. The number of benzene rings is 2. The Morgan fingerprint density at radius 3 is 2.25 bits per heavy atom. The van der Waals surface area contributed by atoms with Gasteiger partial charge in [-0.1, -0.05) is 68.8 Å². The Kier molecular flexibility index (Phi) is 6.02. The Morgan fingerprint density at radius 2 is 1.71 bits per heavy atom. The fraction of sp³-hybridized carbons (Fsp3) is 0.318. The molecule has 144 valence electrons. The maximum Gasteiger partial charge on any atom is 0.407 e. The number of alkyl carbamates (subject to hydrolysis) is 1. The van der Waals surface area contributed by atoms with Crippen molar-refractivity contribution in [3.63, 3.8) is 0 Å². The van der Waals surface area contributed by atoms with Crippen LogP contribution in [0.3, 0.4) is 0 Å². The van der Waals surface area contributed by atoms with Crippen molar-refractivity contribution < 1.29 is 19.1 Å². The van der Waals surface area contributed by atoms with Crippen LogP contribution >= 0.6 is 0 Å². The maximum atomic E-state index is 12.4. The quantitative estimate of drug-likeness (QED) is 0.452. The molecular weight excluding hydrogens is 354 g/mol. The molecule has 1 amide bonds. The summed E-state index contributed by atoms with van der Waals surface area (Å²) in [5.41, 5.74) is 13.2. The molecule has 0 saturated carbocycles. The van der Waals surface area contributed by atoms with E-state index in [0.29, 0.717) is 6.42 Å². The van der Waals surface area contributed by atoms with E-state index in [0.717, 1.165) is 28.5 Å². The van der Waals surface area contributed by atoms with Gasteiger partial charge in [-0.2, -0.15) is 4.79 Å². The van der Waals surface area contributed by atoms with E-state index in [2.05, 4.69) is 22.2 Å². The molecule has 1 N–H and O–H groups in total.